The van der Waals surface area contributed by atoms with Crippen LogP contribution < -0.4 is 5.32 Å². The molecule has 0 bridgehead atoms. The van der Waals surface area contributed by atoms with Gasteiger partial charge in [-0.3, -0.25) is 5.32 Å². The Morgan fingerprint density at radius 1 is 1.35 bits per heavy atom. The van der Waals surface area contributed by atoms with E-state index < -0.39 is 6.04 Å². The number of ether oxygens (including phenoxy) is 1. The summed E-state index contributed by atoms with van der Waals surface area (Å²) in [6.07, 6.45) is 0. The van der Waals surface area contributed by atoms with E-state index in [0.29, 0.717) is 0 Å². The Bertz CT molecular complexity index is 422. The van der Waals surface area contributed by atoms with Crippen LogP contribution in [0.5, 0.6) is 0 Å². The number of benzene rings is 1. The van der Waals surface area contributed by atoms with Gasteiger partial charge in [0.1, 0.15) is 6.04 Å². The monoisotopic (exact) mass is 342 g/mol. The largest absolute Gasteiger partial charge is 0.468 e. The Labute approximate surface area is 129 Å². The van der Waals surface area contributed by atoms with Crippen LogP contribution in [0.15, 0.2) is 28.7 Å². The zero-order chi connectivity index (χ0) is 15.0. The van der Waals surface area contributed by atoms with Crippen molar-refractivity contribution in [2.45, 2.75) is 19.9 Å². The molecule has 20 heavy (non-hydrogen) atoms. The van der Waals surface area contributed by atoms with Gasteiger partial charge in [0.15, 0.2) is 0 Å². The molecule has 1 atom stereocenters. The molecule has 0 saturated carbocycles. The van der Waals surface area contributed by atoms with Crippen LogP contribution in [-0.2, 0) is 9.53 Å². The fourth-order valence-electron chi connectivity index (χ4n) is 2.05. The van der Waals surface area contributed by atoms with Crippen molar-refractivity contribution in [1.29, 1.82) is 0 Å². The molecule has 112 valence electrons. The lowest BCUT2D eigenvalue weighted by atomic mass is 10.1. The minimum atomic E-state index is -0.439. The van der Waals surface area contributed by atoms with Crippen LogP contribution in [0.2, 0.25) is 0 Å². The number of likely N-dealkylation sites (N-methyl/N-ethyl adjacent to an activating group) is 1. The summed E-state index contributed by atoms with van der Waals surface area (Å²) in [5.74, 6) is -0.267. The molecule has 0 saturated heterocycles. The zero-order valence-corrected chi connectivity index (χ0v) is 13.9. The van der Waals surface area contributed by atoms with Crippen LogP contribution in [0, 0.1) is 0 Å². The van der Waals surface area contributed by atoms with Gasteiger partial charge < -0.3 is 9.64 Å². The maximum atomic E-state index is 12.0. The highest BCUT2D eigenvalue weighted by Gasteiger charge is 2.22. The molecule has 0 aliphatic heterocycles. The predicted octanol–water partition coefficient (Wildman–Crippen LogP) is 2.59. The van der Waals surface area contributed by atoms with Crippen molar-refractivity contribution in [3.05, 3.63) is 34.3 Å². The summed E-state index contributed by atoms with van der Waals surface area (Å²) in [4.78, 5) is 14.3. The van der Waals surface area contributed by atoms with Gasteiger partial charge in [0.25, 0.3) is 0 Å². The van der Waals surface area contributed by atoms with E-state index in [4.69, 9.17) is 4.74 Å². The molecule has 1 N–H and O–H groups in total. The molecule has 0 aliphatic carbocycles. The third-order valence-electron chi connectivity index (χ3n) is 3.32. The first-order valence-electron chi connectivity index (χ1n) is 6.92. The van der Waals surface area contributed by atoms with Crippen molar-refractivity contribution in [1.82, 2.24) is 10.2 Å². The van der Waals surface area contributed by atoms with E-state index >= 15 is 0 Å². The number of hydrogen-bond donors (Lipinski definition) is 1. The van der Waals surface area contributed by atoms with Gasteiger partial charge >= 0.3 is 5.97 Å². The standard InChI is InChI=1S/C15H23BrN2O2/c1-4-18(5-2)11-10-17-14(15(19)20-3)12-8-6-7-9-13(12)16/h6-9,14,17H,4-5,10-11H2,1-3H3. The molecule has 0 radical (unpaired) electrons. The predicted molar refractivity (Wildman–Crippen MR) is 84.7 cm³/mol. The second-order valence-corrected chi connectivity index (χ2v) is 5.31. The lowest BCUT2D eigenvalue weighted by Crippen LogP contribution is -2.37. The van der Waals surface area contributed by atoms with Crippen LogP contribution in [0.4, 0.5) is 0 Å². The lowest BCUT2D eigenvalue weighted by Gasteiger charge is -2.22. The van der Waals surface area contributed by atoms with Gasteiger partial charge in [-0.1, -0.05) is 48.0 Å². The number of carbonyl (C=O) groups is 1. The zero-order valence-electron chi connectivity index (χ0n) is 12.4. The van der Waals surface area contributed by atoms with Crippen LogP contribution in [-0.4, -0.2) is 44.2 Å². The van der Waals surface area contributed by atoms with Crippen molar-refractivity contribution in [2.75, 3.05) is 33.3 Å². The molecular weight excluding hydrogens is 320 g/mol. The molecule has 1 unspecified atom stereocenters. The van der Waals surface area contributed by atoms with Gasteiger partial charge in [0, 0.05) is 17.6 Å². The number of esters is 1. The number of nitrogens with one attached hydrogen (secondary N) is 1. The van der Waals surface area contributed by atoms with Crippen molar-refractivity contribution in [3.8, 4) is 0 Å². The average Bonchev–Trinajstić information content (AvgIpc) is 2.48. The first kappa shape index (κ1) is 17.1. The van der Waals surface area contributed by atoms with Crippen molar-refractivity contribution < 1.29 is 9.53 Å². The number of nitrogens with zero attached hydrogens (tertiary/aromatic N) is 1. The summed E-state index contributed by atoms with van der Waals surface area (Å²) in [5, 5.41) is 3.28. The normalized spacial score (nSPS) is 12.4. The number of halogens is 1. The summed E-state index contributed by atoms with van der Waals surface area (Å²) in [6.45, 7) is 7.93. The maximum absolute atomic E-state index is 12.0. The highest BCUT2D eigenvalue weighted by Crippen LogP contribution is 2.23. The Balaban J connectivity index is 2.72. The summed E-state index contributed by atoms with van der Waals surface area (Å²) in [7, 11) is 1.41. The Kier molecular flexibility index (Phi) is 7.80. The quantitative estimate of drug-likeness (QED) is 0.737. The van der Waals surface area contributed by atoms with E-state index in [0.717, 1.165) is 36.2 Å². The molecule has 1 aromatic carbocycles. The number of methoxy groups -OCH3 is 1. The molecule has 0 aliphatic rings. The Morgan fingerprint density at radius 2 is 2.00 bits per heavy atom. The van der Waals surface area contributed by atoms with Gasteiger partial charge in [0.2, 0.25) is 0 Å². The molecule has 4 nitrogen and oxygen atoms in total. The topological polar surface area (TPSA) is 41.6 Å². The molecule has 0 heterocycles. The number of hydrogen-bond acceptors (Lipinski definition) is 4. The third-order valence-corrected chi connectivity index (χ3v) is 4.05. The van der Waals surface area contributed by atoms with Gasteiger partial charge in [-0.2, -0.15) is 0 Å². The maximum Gasteiger partial charge on any atom is 0.327 e. The van der Waals surface area contributed by atoms with Crippen molar-refractivity contribution in [3.63, 3.8) is 0 Å². The van der Waals surface area contributed by atoms with Crippen LogP contribution in [0.1, 0.15) is 25.5 Å². The van der Waals surface area contributed by atoms with E-state index in [1.165, 1.54) is 7.11 Å². The minimum absolute atomic E-state index is 0.267. The third kappa shape index (κ3) is 4.89. The first-order valence-corrected chi connectivity index (χ1v) is 7.71. The molecule has 0 fully saturated rings. The summed E-state index contributed by atoms with van der Waals surface area (Å²) in [5.41, 5.74) is 0.902. The first-order chi connectivity index (χ1) is 9.63. The number of rotatable bonds is 8. The van der Waals surface area contributed by atoms with Crippen molar-refractivity contribution >= 4 is 21.9 Å². The van der Waals surface area contributed by atoms with Gasteiger partial charge in [-0.05, 0) is 24.7 Å². The smallest absolute Gasteiger partial charge is 0.327 e. The van der Waals surface area contributed by atoms with Crippen LogP contribution in [0.3, 0.4) is 0 Å². The van der Waals surface area contributed by atoms with Crippen LogP contribution >= 0.6 is 15.9 Å². The number of carbonyl (C=O) groups excluding carboxylic acids is 1. The van der Waals surface area contributed by atoms with Gasteiger partial charge in [-0.15, -0.1) is 0 Å². The molecule has 0 amide bonds. The second-order valence-electron chi connectivity index (χ2n) is 4.46. The second kappa shape index (κ2) is 9.10. The van der Waals surface area contributed by atoms with E-state index in [-0.39, 0.29) is 5.97 Å². The van der Waals surface area contributed by atoms with Crippen LogP contribution in [0.25, 0.3) is 0 Å². The molecular formula is C15H23BrN2O2. The minimum Gasteiger partial charge on any atom is -0.468 e. The molecule has 0 spiro atoms. The van der Waals surface area contributed by atoms with E-state index in [1.54, 1.807) is 0 Å². The van der Waals surface area contributed by atoms with Gasteiger partial charge in [0.05, 0.1) is 7.11 Å². The average molecular weight is 343 g/mol. The fourth-order valence-corrected chi connectivity index (χ4v) is 2.57. The van der Waals surface area contributed by atoms with Gasteiger partial charge in [-0.25, -0.2) is 4.79 Å². The molecule has 5 heteroatoms. The van der Waals surface area contributed by atoms with E-state index in [2.05, 4.69) is 40.0 Å². The molecule has 1 rings (SSSR count). The summed E-state index contributed by atoms with van der Waals surface area (Å²) in [6, 6.07) is 7.26. The fraction of sp³-hybridized carbons (Fsp3) is 0.533. The lowest BCUT2D eigenvalue weighted by molar-refractivity contribution is -0.143. The Hall–Kier alpha value is -0.910. The highest BCUT2D eigenvalue weighted by atomic mass is 79.9. The Morgan fingerprint density at radius 3 is 2.55 bits per heavy atom. The summed E-state index contributed by atoms with van der Waals surface area (Å²) < 4.78 is 5.80. The molecule has 0 aromatic heterocycles. The van der Waals surface area contributed by atoms with Crippen molar-refractivity contribution in [2.24, 2.45) is 0 Å². The highest BCUT2D eigenvalue weighted by molar-refractivity contribution is 9.10. The van der Waals surface area contributed by atoms with E-state index in [1.807, 2.05) is 24.3 Å². The SMILES string of the molecule is CCN(CC)CCNC(C(=O)OC)c1ccccc1Br. The molecule has 1 aromatic rings. The summed E-state index contributed by atoms with van der Waals surface area (Å²) >= 11 is 3.48. The van der Waals surface area contributed by atoms with E-state index in [9.17, 15) is 4.79 Å².